The van der Waals surface area contributed by atoms with Gasteiger partial charge in [-0.15, -0.1) is 0 Å². The number of hydrogen-bond acceptors (Lipinski definition) is 1. The quantitative estimate of drug-likeness (QED) is 0.772. The van der Waals surface area contributed by atoms with Crippen LogP contribution in [0, 0.1) is 11.8 Å². The van der Waals surface area contributed by atoms with Gasteiger partial charge in [-0.1, -0.05) is 30.3 Å². The molecule has 0 saturated heterocycles. The van der Waals surface area contributed by atoms with Crippen molar-refractivity contribution in [1.82, 2.24) is 0 Å². The van der Waals surface area contributed by atoms with Gasteiger partial charge in [0.2, 0.25) is 0 Å². The molecule has 2 atom stereocenters. The second-order valence-corrected chi connectivity index (χ2v) is 4.82. The van der Waals surface area contributed by atoms with Gasteiger partial charge in [-0.05, 0) is 43.2 Å². The molecule has 0 heterocycles. The van der Waals surface area contributed by atoms with Crippen LogP contribution in [0.2, 0.25) is 0 Å². The van der Waals surface area contributed by atoms with Crippen LogP contribution >= 0.6 is 0 Å². The summed E-state index contributed by atoms with van der Waals surface area (Å²) in [4.78, 5) is 0. The first-order chi connectivity index (χ1) is 6.88. The first-order valence-electron chi connectivity index (χ1n) is 5.63. The van der Waals surface area contributed by atoms with E-state index in [1.807, 2.05) is 0 Å². The summed E-state index contributed by atoms with van der Waals surface area (Å²) >= 11 is 0. The molecule has 0 aromatic heterocycles. The summed E-state index contributed by atoms with van der Waals surface area (Å²) in [7, 11) is 0. The standard InChI is InChI=1S/C13H17N/c14-9-12-8-13(12,11-6-7-11)10-4-2-1-3-5-10/h1-5,11-12H,6-9,14H2/t12-,13?/m0/s1. The maximum atomic E-state index is 5.81. The molecule has 1 unspecified atom stereocenters. The van der Waals surface area contributed by atoms with Gasteiger partial charge in [-0.25, -0.2) is 0 Å². The minimum atomic E-state index is 0.496. The van der Waals surface area contributed by atoms with Gasteiger partial charge in [0.05, 0.1) is 0 Å². The number of hydrogen-bond donors (Lipinski definition) is 1. The van der Waals surface area contributed by atoms with Crippen LogP contribution in [0.15, 0.2) is 30.3 Å². The summed E-state index contributed by atoms with van der Waals surface area (Å²) in [6, 6.07) is 11.0. The Kier molecular flexibility index (Phi) is 1.72. The van der Waals surface area contributed by atoms with Gasteiger partial charge in [0, 0.05) is 5.41 Å². The molecule has 0 amide bonds. The average Bonchev–Trinajstić information content (AvgIpc) is 3.12. The molecular weight excluding hydrogens is 170 g/mol. The van der Waals surface area contributed by atoms with Crippen molar-refractivity contribution in [2.24, 2.45) is 17.6 Å². The molecule has 2 saturated carbocycles. The number of nitrogens with two attached hydrogens (primary N) is 1. The SMILES string of the molecule is NC[C@@H]1CC1(c1ccccc1)C1CC1. The van der Waals surface area contributed by atoms with Crippen LogP contribution in [0.4, 0.5) is 0 Å². The van der Waals surface area contributed by atoms with E-state index >= 15 is 0 Å². The van der Waals surface area contributed by atoms with Crippen molar-refractivity contribution in [3.05, 3.63) is 35.9 Å². The van der Waals surface area contributed by atoms with Crippen molar-refractivity contribution in [2.75, 3.05) is 6.54 Å². The van der Waals surface area contributed by atoms with E-state index in [1.165, 1.54) is 24.8 Å². The van der Waals surface area contributed by atoms with Gasteiger partial charge in [0.15, 0.2) is 0 Å². The predicted octanol–water partition coefficient (Wildman–Crippen LogP) is 2.31. The Morgan fingerprint density at radius 2 is 1.93 bits per heavy atom. The van der Waals surface area contributed by atoms with Gasteiger partial charge in [0.25, 0.3) is 0 Å². The zero-order chi connectivity index (χ0) is 9.60. The van der Waals surface area contributed by atoms with Crippen molar-refractivity contribution in [3.8, 4) is 0 Å². The molecule has 0 aliphatic heterocycles. The molecule has 1 heteroatoms. The summed E-state index contributed by atoms with van der Waals surface area (Å²) in [5, 5.41) is 0. The summed E-state index contributed by atoms with van der Waals surface area (Å²) in [6.07, 6.45) is 4.18. The minimum Gasteiger partial charge on any atom is -0.330 e. The summed E-state index contributed by atoms with van der Waals surface area (Å²) in [5.41, 5.74) is 7.85. The van der Waals surface area contributed by atoms with E-state index in [-0.39, 0.29) is 0 Å². The molecule has 0 bridgehead atoms. The maximum absolute atomic E-state index is 5.81. The van der Waals surface area contributed by atoms with E-state index < -0.39 is 0 Å². The molecule has 14 heavy (non-hydrogen) atoms. The normalized spacial score (nSPS) is 35.6. The molecule has 2 aliphatic carbocycles. The Hall–Kier alpha value is -0.820. The lowest BCUT2D eigenvalue weighted by molar-refractivity contribution is 0.535. The van der Waals surface area contributed by atoms with Crippen LogP contribution in [0.25, 0.3) is 0 Å². The first kappa shape index (κ1) is 8.49. The lowest BCUT2D eigenvalue weighted by atomic mass is 9.88. The zero-order valence-electron chi connectivity index (χ0n) is 8.45. The van der Waals surface area contributed by atoms with Crippen LogP contribution in [-0.2, 0) is 5.41 Å². The van der Waals surface area contributed by atoms with Gasteiger partial charge in [-0.2, -0.15) is 0 Å². The first-order valence-corrected chi connectivity index (χ1v) is 5.63. The third-order valence-electron chi connectivity index (χ3n) is 4.05. The number of rotatable bonds is 3. The molecule has 2 aliphatic rings. The molecule has 1 aromatic carbocycles. The zero-order valence-corrected chi connectivity index (χ0v) is 8.45. The Labute approximate surface area is 85.3 Å². The van der Waals surface area contributed by atoms with Crippen LogP contribution in [-0.4, -0.2) is 6.54 Å². The van der Waals surface area contributed by atoms with E-state index in [2.05, 4.69) is 30.3 Å². The molecule has 2 N–H and O–H groups in total. The molecule has 0 radical (unpaired) electrons. The van der Waals surface area contributed by atoms with Gasteiger partial charge in [0.1, 0.15) is 0 Å². The van der Waals surface area contributed by atoms with Gasteiger partial charge < -0.3 is 5.73 Å². The molecule has 3 rings (SSSR count). The largest absolute Gasteiger partial charge is 0.330 e. The monoisotopic (exact) mass is 187 g/mol. The van der Waals surface area contributed by atoms with E-state index in [9.17, 15) is 0 Å². The molecule has 74 valence electrons. The second-order valence-electron chi connectivity index (χ2n) is 4.82. The lowest BCUT2D eigenvalue weighted by Gasteiger charge is -2.16. The van der Waals surface area contributed by atoms with Crippen LogP contribution in [0.5, 0.6) is 0 Å². The van der Waals surface area contributed by atoms with Crippen LogP contribution in [0.3, 0.4) is 0 Å². The smallest absolute Gasteiger partial charge is 0.00252 e. The summed E-state index contributed by atoms with van der Waals surface area (Å²) in [6.45, 7) is 0.866. The molecule has 1 aromatic rings. The van der Waals surface area contributed by atoms with Crippen molar-refractivity contribution in [3.63, 3.8) is 0 Å². The van der Waals surface area contributed by atoms with Crippen molar-refractivity contribution in [1.29, 1.82) is 0 Å². The maximum Gasteiger partial charge on any atom is 0.00252 e. The average molecular weight is 187 g/mol. The topological polar surface area (TPSA) is 26.0 Å². The third-order valence-corrected chi connectivity index (χ3v) is 4.05. The van der Waals surface area contributed by atoms with Gasteiger partial charge >= 0.3 is 0 Å². The molecule has 0 spiro atoms. The van der Waals surface area contributed by atoms with E-state index in [0.717, 1.165) is 18.4 Å². The van der Waals surface area contributed by atoms with E-state index in [4.69, 9.17) is 5.73 Å². The molecule has 1 nitrogen and oxygen atoms in total. The van der Waals surface area contributed by atoms with E-state index in [1.54, 1.807) is 0 Å². The molecular formula is C13H17N. The van der Waals surface area contributed by atoms with E-state index in [0.29, 0.717) is 5.41 Å². The highest BCUT2D eigenvalue weighted by atomic mass is 14.7. The highest BCUT2D eigenvalue weighted by Crippen LogP contribution is 2.65. The van der Waals surface area contributed by atoms with Crippen LogP contribution in [0.1, 0.15) is 24.8 Å². The minimum absolute atomic E-state index is 0.496. The fourth-order valence-electron chi connectivity index (χ4n) is 3.08. The Bertz CT molecular complexity index is 328. The van der Waals surface area contributed by atoms with Gasteiger partial charge in [-0.3, -0.25) is 0 Å². The Morgan fingerprint density at radius 3 is 2.43 bits per heavy atom. The second kappa shape index (κ2) is 2.83. The predicted molar refractivity (Wildman–Crippen MR) is 58.0 cm³/mol. The fourth-order valence-corrected chi connectivity index (χ4v) is 3.08. The third kappa shape index (κ3) is 1.05. The van der Waals surface area contributed by atoms with Crippen molar-refractivity contribution >= 4 is 0 Å². The summed E-state index contributed by atoms with van der Waals surface area (Å²) < 4.78 is 0. The highest BCUT2D eigenvalue weighted by Gasteiger charge is 2.61. The number of benzene rings is 1. The lowest BCUT2D eigenvalue weighted by Crippen LogP contribution is -2.17. The Balaban J connectivity index is 1.95. The van der Waals surface area contributed by atoms with Crippen molar-refractivity contribution < 1.29 is 0 Å². The molecule has 2 fully saturated rings. The fraction of sp³-hybridized carbons (Fsp3) is 0.538. The Morgan fingerprint density at radius 1 is 1.21 bits per heavy atom. The highest BCUT2D eigenvalue weighted by molar-refractivity contribution is 5.36. The summed E-state index contributed by atoms with van der Waals surface area (Å²) in [5.74, 6) is 1.70. The van der Waals surface area contributed by atoms with Crippen molar-refractivity contribution in [2.45, 2.75) is 24.7 Å². The van der Waals surface area contributed by atoms with Crippen LogP contribution < -0.4 is 5.73 Å².